The van der Waals surface area contributed by atoms with Gasteiger partial charge in [-0.05, 0) is 45.0 Å². The summed E-state index contributed by atoms with van der Waals surface area (Å²) in [6.07, 6.45) is 2.08. The van der Waals surface area contributed by atoms with Crippen molar-refractivity contribution in [2.45, 2.75) is 54.5 Å². The fraction of sp³-hybridized carbons (Fsp3) is 0.478. The van der Waals surface area contributed by atoms with Gasteiger partial charge < -0.3 is 14.5 Å². The van der Waals surface area contributed by atoms with Gasteiger partial charge >= 0.3 is 0 Å². The Hall–Kier alpha value is -2.56. The van der Waals surface area contributed by atoms with Gasteiger partial charge in [-0.1, -0.05) is 28.2 Å². The molecule has 0 aliphatic carbocycles. The minimum Gasteiger partial charge on any atom is -0.379 e. The molecule has 152 valence electrons. The largest absolute Gasteiger partial charge is 0.379 e. The molecule has 3 aromatic rings. The van der Waals surface area contributed by atoms with E-state index in [1.165, 1.54) is 0 Å². The molecule has 0 aliphatic heterocycles. The van der Waals surface area contributed by atoms with Gasteiger partial charge in [-0.25, -0.2) is 4.98 Å². The van der Waals surface area contributed by atoms with Crippen molar-refractivity contribution >= 4 is 22.5 Å². The highest BCUT2D eigenvalue weighted by Gasteiger charge is 2.24. The second-order valence-corrected chi connectivity index (χ2v) is 9.38. The second-order valence-electron chi connectivity index (χ2n) is 9.38. The predicted molar refractivity (Wildman–Crippen MR) is 119 cm³/mol. The molecular weight excluding hydrogens is 348 g/mol. The smallest absolute Gasteiger partial charge is 0.168 e. The highest BCUT2D eigenvalue weighted by Crippen LogP contribution is 2.29. The average molecular weight is 383 g/mol. The number of carbonyl (C=O) groups excluding carboxylic acids is 1. The van der Waals surface area contributed by atoms with Crippen LogP contribution in [0.3, 0.4) is 0 Å². The number of Topliss-reactive ketones (excluding diaryl/α,β-unsaturated/α-hetero) is 1. The quantitative estimate of drug-likeness (QED) is 0.595. The van der Waals surface area contributed by atoms with Crippen LogP contribution >= 0.6 is 0 Å². The zero-order valence-corrected chi connectivity index (χ0v) is 17.6. The molecule has 2 heterocycles. The molecule has 28 heavy (non-hydrogen) atoms. The average Bonchev–Trinajstić information content (AvgIpc) is 3.03. The van der Waals surface area contributed by atoms with Gasteiger partial charge in [0.25, 0.3) is 0 Å². The summed E-state index contributed by atoms with van der Waals surface area (Å²) in [6, 6.07) is 7.92. The number of anilines is 1. The summed E-state index contributed by atoms with van der Waals surface area (Å²) in [4.78, 5) is 17.5. The number of imidazole rings is 1. The number of rotatable bonds is 3. The lowest BCUT2D eigenvalue weighted by Crippen LogP contribution is -2.25. The molecule has 0 atom stereocenters. The molecule has 5 nitrogen and oxygen atoms in total. The number of ketones is 1. The van der Waals surface area contributed by atoms with E-state index in [1.807, 2.05) is 53.1 Å². The Morgan fingerprint density at radius 1 is 1.04 bits per heavy atom. The lowest BCUT2D eigenvalue weighted by Gasteiger charge is -2.20. The van der Waals surface area contributed by atoms with E-state index in [9.17, 15) is 4.79 Å². The van der Waals surface area contributed by atoms with Gasteiger partial charge in [-0.15, -0.1) is 0 Å². The van der Waals surface area contributed by atoms with Crippen molar-refractivity contribution in [2.75, 3.05) is 5.32 Å². The van der Waals surface area contributed by atoms with Gasteiger partial charge in [0.05, 0.1) is 22.4 Å². The van der Waals surface area contributed by atoms with E-state index in [0.29, 0.717) is 5.56 Å². The molecule has 1 aromatic carbocycles. The Morgan fingerprint density at radius 2 is 1.68 bits per heavy atom. The Labute approximate surface area is 168 Å². The number of fused-ring (bicyclic) bond motifs is 1. The topological polar surface area (TPSA) is 51.9 Å². The van der Waals surface area contributed by atoms with Gasteiger partial charge in [0.2, 0.25) is 0 Å². The van der Waals surface area contributed by atoms with Crippen LogP contribution in [-0.4, -0.2) is 25.4 Å². The summed E-state index contributed by atoms with van der Waals surface area (Å²) < 4.78 is 4.16. The zero-order valence-electron chi connectivity index (χ0n) is 17.6. The molecular formula is C23H34N4O. The van der Waals surface area contributed by atoms with E-state index in [-0.39, 0.29) is 18.7 Å². The van der Waals surface area contributed by atoms with Crippen LogP contribution < -0.4 is 5.32 Å². The van der Waals surface area contributed by atoms with Crippen LogP contribution in [0.5, 0.6) is 0 Å². The summed E-state index contributed by atoms with van der Waals surface area (Å²) in [7, 11) is 4.04. The van der Waals surface area contributed by atoms with Gasteiger partial charge in [-0.2, -0.15) is 0 Å². The third-order valence-corrected chi connectivity index (χ3v) is 4.58. The standard InChI is InChI=1S/C22H30N4O.CH4/c1-21(2,3)19(27)14-9-10-17-16(11-14)23-20(26(17)8)18-12-15(13-25(18)7)24-22(4,5)6;/h9-13,24H,1-8H3;1H4. The van der Waals surface area contributed by atoms with Gasteiger partial charge in [0.15, 0.2) is 11.6 Å². The number of benzene rings is 1. The minimum atomic E-state index is -0.406. The molecule has 0 radical (unpaired) electrons. The third kappa shape index (κ3) is 4.13. The number of aryl methyl sites for hydroxylation is 2. The highest BCUT2D eigenvalue weighted by atomic mass is 16.1. The highest BCUT2D eigenvalue weighted by molar-refractivity contribution is 6.02. The molecule has 0 fully saturated rings. The van der Waals surface area contributed by atoms with Crippen LogP contribution in [0.25, 0.3) is 22.6 Å². The van der Waals surface area contributed by atoms with Crippen LogP contribution in [-0.2, 0) is 14.1 Å². The van der Waals surface area contributed by atoms with Crippen molar-refractivity contribution in [3.05, 3.63) is 36.0 Å². The first kappa shape index (κ1) is 21.7. The van der Waals surface area contributed by atoms with Gasteiger partial charge in [-0.3, -0.25) is 4.79 Å². The van der Waals surface area contributed by atoms with Crippen molar-refractivity contribution in [3.63, 3.8) is 0 Å². The molecule has 0 aliphatic rings. The van der Waals surface area contributed by atoms with Crippen LogP contribution in [0.2, 0.25) is 0 Å². The number of nitrogens with one attached hydrogen (secondary N) is 1. The van der Waals surface area contributed by atoms with Crippen LogP contribution in [0, 0.1) is 5.41 Å². The van der Waals surface area contributed by atoms with E-state index in [2.05, 4.69) is 47.5 Å². The van der Waals surface area contributed by atoms with E-state index >= 15 is 0 Å². The molecule has 0 saturated carbocycles. The Balaban J connectivity index is 0.00000280. The normalized spacial score (nSPS) is 12.1. The maximum Gasteiger partial charge on any atom is 0.168 e. The summed E-state index contributed by atoms with van der Waals surface area (Å²) >= 11 is 0. The van der Waals surface area contributed by atoms with Crippen molar-refractivity contribution in [1.29, 1.82) is 0 Å². The maximum absolute atomic E-state index is 12.6. The second kappa shape index (κ2) is 7.12. The lowest BCUT2D eigenvalue weighted by atomic mass is 9.86. The van der Waals surface area contributed by atoms with E-state index in [0.717, 1.165) is 28.2 Å². The summed E-state index contributed by atoms with van der Waals surface area (Å²) in [5.41, 5.74) is 4.25. The monoisotopic (exact) mass is 382 g/mol. The minimum absolute atomic E-state index is 0. The first-order valence-electron chi connectivity index (χ1n) is 9.33. The fourth-order valence-electron chi connectivity index (χ4n) is 3.29. The Morgan fingerprint density at radius 3 is 2.25 bits per heavy atom. The zero-order chi connectivity index (χ0) is 20.1. The molecule has 0 saturated heterocycles. The molecule has 0 bridgehead atoms. The van der Waals surface area contributed by atoms with E-state index in [1.54, 1.807) is 0 Å². The summed E-state index contributed by atoms with van der Waals surface area (Å²) in [5.74, 6) is 1.02. The van der Waals surface area contributed by atoms with Crippen molar-refractivity contribution in [2.24, 2.45) is 19.5 Å². The third-order valence-electron chi connectivity index (χ3n) is 4.58. The molecule has 2 aromatic heterocycles. The molecule has 0 unspecified atom stereocenters. The van der Waals surface area contributed by atoms with Gasteiger partial charge in [0, 0.05) is 36.8 Å². The molecule has 0 amide bonds. The maximum atomic E-state index is 12.6. The predicted octanol–water partition coefficient (Wildman–Crippen LogP) is 5.65. The van der Waals surface area contributed by atoms with Crippen LogP contribution in [0.15, 0.2) is 30.5 Å². The van der Waals surface area contributed by atoms with Crippen molar-refractivity contribution in [1.82, 2.24) is 14.1 Å². The van der Waals surface area contributed by atoms with Gasteiger partial charge in [0.1, 0.15) is 0 Å². The fourth-order valence-corrected chi connectivity index (χ4v) is 3.29. The van der Waals surface area contributed by atoms with Crippen molar-refractivity contribution < 1.29 is 4.79 Å². The van der Waals surface area contributed by atoms with Crippen LogP contribution in [0.1, 0.15) is 59.3 Å². The summed E-state index contributed by atoms with van der Waals surface area (Å²) in [5, 5.41) is 3.50. The number of nitrogens with zero attached hydrogens (tertiary/aromatic N) is 3. The van der Waals surface area contributed by atoms with E-state index < -0.39 is 5.41 Å². The molecule has 3 rings (SSSR count). The molecule has 5 heteroatoms. The van der Waals surface area contributed by atoms with Crippen LogP contribution in [0.4, 0.5) is 5.69 Å². The number of carbonyl (C=O) groups is 1. The first-order chi connectivity index (χ1) is 12.4. The number of aromatic nitrogens is 3. The van der Waals surface area contributed by atoms with E-state index in [4.69, 9.17) is 4.98 Å². The number of hydrogen-bond acceptors (Lipinski definition) is 3. The molecule has 0 spiro atoms. The van der Waals surface area contributed by atoms with Crippen molar-refractivity contribution in [3.8, 4) is 11.5 Å². The Kier molecular flexibility index (Phi) is 5.52. The lowest BCUT2D eigenvalue weighted by molar-refractivity contribution is 0.0858. The Bertz CT molecular complexity index is 1010. The summed E-state index contributed by atoms with van der Waals surface area (Å²) in [6.45, 7) is 12.2. The first-order valence-corrected chi connectivity index (χ1v) is 9.33. The molecule has 1 N–H and O–H groups in total. The number of hydrogen-bond donors (Lipinski definition) is 1. The SMILES string of the molecule is C.Cn1cc(NC(C)(C)C)cc1-c1nc2cc(C(=O)C(C)(C)C)ccc2n1C.